The summed E-state index contributed by atoms with van der Waals surface area (Å²) in [5, 5.41) is 47.3. The highest BCUT2D eigenvalue weighted by molar-refractivity contribution is 6.32. The van der Waals surface area contributed by atoms with Gasteiger partial charge in [-0.1, -0.05) is 340 Å². The molecule has 21 aromatic carbocycles. The fraction of sp³-hybridized carbons (Fsp3) is 0.00826. The Morgan fingerprint density at radius 3 is 1.13 bits per heavy atom. The third kappa shape index (κ3) is 11.1. The number of nitriles is 1. The number of benzene rings is 21. The number of pyridine rings is 3. The molecule has 0 saturated heterocycles. The van der Waals surface area contributed by atoms with Gasteiger partial charge in [-0.05, 0) is 182 Å². The summed E-state index contributed by atoms with van der Waals surface area (Å²) in [6, 6.07) is 148. The summed E-state index contributed by atoms with van der Waals surface area (Å²) in [5.41, 5.74) is 17.0. The molecular weight excluding hydrogens is 1570 g/mol. The van der Waals surface area contributed by atoms with Gasteiger partial charge in [0.25, 0.3) is 0 Å². The molecule has 0 bridgehead atoms. The largest absolute Gasteiger partial charge is 0.313 e. The van der Waals surface area contributed by atoms with E-state index in [1.54, 1.807) is 0 Å². The van der Waals surface area contributed by atoms with Crippen LogP contribution in [0.2, 0.25) is 0 Å². The highest BCUT2D eigenvalue weighted by Gasteiger charge is 2.27. The van der Waals surface area contributed by atoms with Crippen LogP contribution in [0.25, 0.3) is 253 Å². The molecule has 594 valence electrons. The van der Waals surface area contributed by atoms with E-state index in [9.17, 15) is 5.26 Å². The van der Waals surface area contributed by atoms with Gasteiger partial charge in [0.1, 0.15) is 0 Å². The second kappa shape index (κ2) is 29.1. The van der Waals surface area contributed by atoms with Gasteiger partial charge in [-0.2, -0.15) is 5.26 Å². The Balaban J connectivity index is 0.0000000935. The zero-order valence-electron chi connectivity index (χ0n) is 69.8. The fourth-order valence-electron chi connectivity index (χ4n) is 21.4. The normalized spacial score (nSPS) is 11.7. The smallest absolute Gasteiger partial charge is 0.202 e. The maximum Gasteiger partial charge on any atom is 0.202 e. The number of hydrogen-bond acceptors (Lipinski definition) is 1. The molecule has 28 aromatic rings. The van der Waals surface area contributed by atoms with E-state index < -0.39 is 0 Å². The number of aryl methyl sites for hydroxylation is 1. The van der Waals surface area contributed by atoms with E-state index in [0.29, 0.717) is 10.8 Å². The lowest BCUT2D eigenvalue weighted by Gasteiger charge is -2.21. The third-order valence-corrected chi connectivity index (χ3v) is 26.9. The minimum atomic E-state index is -0.0596. The Kier molecular flexibility index (Phi) is 16.7. The SMILES string of the molecule is Cc1cc2ccccc2n1-c1c(-c2ccc3ccccc3c2)c2ccccc2c2ccccc12.[C-]#[N+]c1c([N+]#[C-])c([N+]#[C-])c2cc3c4ccc5ccccc5c4c4cc5ccccc5n4c3cc2c1C#N.c1ccc2c(c1)ccc1c2c2ccc3ccccc3c2c2cc3ccccc3n12.c1ccc2c(c1)ccc1c3ccc4ccccc4c3n3c4ccccc4cc3c21. The number of fused-ring (bicyclic) bond motifs is 40. The molecule has 0 aliphatic carbocycles. The molecule has 0 atom stereocenters. The van der Waals surface area contributed by atoms with Crippen molar-refractivity contribution >= 4 is 239 Å². The van der Waals surface area contributed by atoms with Gasteiger partial charge in [0.2, 0.25) is 11.4 Å². The van der Waals surface area contributed by atoms with E-state index in [-0.39, 0.29) is 22.6 Å². The third-order valence-electron chi connectivity index (χ3n) is 26.9. The molecule has 7 aromatic heterocycles. The zero-order valence-corrected chi connectivity index (χ0v) is 69.8. The summed E-state index contributed by atoms with van der Waals surface area (Å²) >= 11 is 0. The maximum absolute atomic E-state index is 10.1. The van der Waals surface area contributed by atoms with E-state index >= 15 is 0 Å². The predicted molar refractivity (Wildman–Crippen MR) is 544 cm³/mol. The van der Waals surface area contributed by atoms with Crippen molar-refractivity contribution in [2.75, 3.05) is 0 Å². The van der Waals surface area contributed by atoms with Crippen molar-refractivity contribution < 1.29 is 0 Å². The van der Waals surface area contributed by atoms with Crippen LogP contribution < -0.4 is 0 Å². The van der Waals surface area contributed by atoms with Crippen LogP contribution in [0, 0.1) is 38.0 Å². The molecule has 0 radical (unpaired) electrons. The number of aromatic nitrogens is 4. The number of nitrogens with zero attached hydrogens (tertiary/aromatic N) is 8. The van der Waals surface area contributed by atoms with Crippen LogP contribution in [0.15, 0.2) is 406 Å². The predicted octanol–water partition coefficient (Wildman–Crippen LogP) is 33.7. The van der Waals surface area contributed by atoms with Crippen molar-refractivity contribution in [3.63, 3.8) is 0 Å². The molecule has 129 heavy (non-hydrogen) atoms. The maximum atomic E-state index is 10.1. The Bertz CT molecular complexity index is 10000. The molecular formula is C121H70N8. The summed E-state index contributed by atoms with van der Waals surface area (Å²) in [6.07, 6.45) is 0. The summed E-state index contributed by atoms with van der Waals surface area (Å²) in [5.74, 6) is 0. The van der Waals surface area contributed by atoms with Crippen LogP contribution in [0.4, 0.5) is 17.1 Å². The molecule has 0 aliphatic heterocycles. The minimum Gasteiger partial charge on any atom is -0.313 e. The lowest BCUT2D eigenvalue weighted by molar-refractivity contribution is 1.07. The molecule has 0 fully saturated rings. The van der Waals surface area contributed by atoms with Gasteiger partial charge in [-0.15, -0.1) is 0 Å². The summed E-state index contributed by atoms with van der Waals surface area (Å²) in [7, 11) is 0. The molecule has 0 saturated carbocycles. The average molecular weight is 1640 g/mol. The lowest BCUT2D eigenvalue weighted by Crippen LogP contribution is -2.02. The first-order valence-electron chi connectivity index (χ1n) is 43.4. The molecule has 8 nitrogen and oxygen atoms in total. The van der Waals surface area contributed by atoms with Gasteiger partial charge in [0, 0.05) is 75.9 Å². The van der Waals surface area contributed by atoms with Gasteiger partial charge in [-0.3, -0.25) is 14.5 Å². The standard InChI is InChI=1S/C33H23N.C32H13N5.2C28H17N/c1-22-20-25-12-4-9-17-31(25)34(22)33-30-16-8-6-14-28(30)27-13-5-7-15-29(27)32(33)26-19-18-23-10-2-3-11-24(23)21-26;1-34-30-24-15-23-21-13-12-18-8-4-6-10-20(18)29(21)28-14-19-9-5-7-11-26(19)37(28)27(23)16-22(24)25(17-33)31(35-2)32(30)36-3;1-5-11-22-18(7-1)13-15-23-27-21-10-4-2-8-19(21)14-16-25(27)29-24-12-6-3-9-20(24)17-26(29)28(22)23;1-4-10-21-18(7-1)13-15-23-24-16-14-19-8-2-5-11-22(19)28(24)29-25-12-6-3-9-20(25)17-26(29)27(21)23/h2-21H,1H3;4-16H;2*1-17H. The van der Waals surface area contributed by atoms with Crippen LogP contribution in [-0.4, -0.2) is 17.8 Å². The summed E-state index contributed by atoms with van der Waals surface area (Å²) in [4.78, 5) is 10.7. The van der Waals surface area contributed by atoms with Crippen molar-refractivity contribution in [1.29, 1.82) is 5.26 Å². The zero-order chi connectivity index (χ0) is 85.8. The summed E-state index contributed by atoms with van der Waals surface area (Å²) < 4.78 is 9.58. The Hall–Kier alpha value is -17.9. The van der Waals surface area contributed by atoms with Crippen molar-refractivity contribution in [1.82, 2.24) is 17.8 Å². The minimum absolute atomic E-state index is 0.0595. The molecule has 0 N–H and O–H groups in total. The van der Waals surface area contributed by atoms with Crippen molar-refractivity contribution in [2.45, 2.75) is 6.92 Å². The Labute approximate surface area is 738 Å². The molecule has 0 aliphatic rings. The van der Waals surface area contributed by atoms with E-state index in [4.69, 9.17) is 19.7 Å². The monoisotopic (exact) mass is 1630 g/mol. The van der Waals surface area contributed by atoms with Crippen molar-refractivity contribution in [3.05, 3.63) is 452 Å². The highest BCUT2D eigenvalue weighted by atomic mass is 15.0. The molecule has 0 spiro atoms. The van der Waals surface area contributed by atoms with E-state index in [1.165, 1.54) is 185 Å². The highest BCUT2D eigenvalue weighted by Crippen LogP contribution is 2.52. The van der Waals surface area contributed by atoms with E-state index in [0.717, 1.165) is 48.9 Å². The van der Waals surface area contributed by atoms with Gasteiger partial charge in [-0.25, -0.2) is 0 Å². The van der Waals surface area contributed by atoms with Crippen LogP contribution in [0.3, 0.4) is 0 Å². The molecule has 0 unspecified atom stereocenters. The Morgan fingerprint density at radius 2 is 0.597 bits per heavy atom. The van der Waals surface area contributed by atoms with Crippen molar-refractivity contribution in [3.8, 4) is 22.9 Å². The van der Waals surface area contributed by atoms with Crippen LogP contribution in [-0.2, 0) is 0 Å². The first-order valence-corrected chi connectivity index (χ1v) is 43.4. The fourth-order valence-corrected chi connectivity index (χ4v) is 21.4. The van der Waals surface area contributed by atoms with E-state index in [2.05, 4.69) is 415 Å². The molecule has 28 rings (SSSR count). The average Bonchev–Trinajstić information content (AvgIpc) is 1.63. The topological polar surface area (TPSA) is 55.0 Å². The lowest BCUT2D eigenvalue weighted by atomic mass is 9.90. The molecule has 0 amide bonds. The van der Waals surface area contributed by atoms with Gasteiger partial charge < -0.3 is 17.8 Å². The summed E-state index contributed by atoms with van der Waals surface area (Å²) in [6.45, 7) is 25.4. The molecule has 8 heteroatoms. The van der Waals surface area contributed by atoms with Crippen LogP contribution in [0.1, 0.15) is 11.3 Å². The molecule has 7 heterocycles. The van der Waals surface area contributed by atoms with Crippen LogP contribution in [0.5, 0.6) is 0 Å². The van der Waals surface area contributed by atoms with Gasteiger partial charge in [0.15, 0.2) is 5.69 Å². The number of para-hydroxylation sites is 4. The Morgan fingerprint density at radius 1 is 0.225 bits per heavy atom. The number of rotatable bonds is 2. The van der Waals surface area contributed by atoms with E-state index in [1.807, 2.05) is 36.4 Å². The van der Waals surface area contributed by atoms with Crippen molar-refractivity contribution in [2.24, 2.45) is 0 Å². The second-order valence-electron chi connectivity index (χ2n) is 33.6. The van der Waals surface area contributed by atoms with Crippen LogP contribution >= 0.6 is 0 Å². The van der Waals surface area contributed by atoms with Gasteiger partial charge >= 0.3 is 0 Å². The first-order chi connectivity index (χ1) is 63.8. The van der Waals surface area contributed by atoms with Gasteiger partial charge in [0.05, 0.1) is 92.2 Å². The quantitative estimate of drug-likeness (QED) is 0.0967. The second-order valence-corrected chi connectivity index (χ2v) is 33.6. The first kappa shape index (κ1) is 73.8. The number of hydrogen-bond donors (Lipinski definition) is 0.